The van der Waals surface area contributed by atoms with Crippen molar-refractivity contribution in [2.75, 3.05) is 10.6 Å². The summed E-state index contributed by atoms with van der Waals surface area (Å²) in [6.45, 7) is 6.71. The van der Waals surface area contributed by atoms with Crippen molar-refractivity contribution < 1.29 is 19.2 Å². The van der Waals surface area contributed by atoms with Crippen LogP contribution < -0.4 is 15.8 Å². The summed E-state index contributed by atoms with van der Waals surface area (Å²) in [6, 6.07) is 15.8. The lowest BCUT2D eigenvalue weighted by atomic mass is 10.1. The van der Waals surface area contributed by atoms with Crippen LogP contribution in [-0.2, 0) is 0 Å². The van der Waals surface area contributed by atoms with Gasteiger partial charge in [0.1, 0.15) is 0 Å². The van der Waals surface area contributed by atoms with Crippen LogP contribution in [0.3, 0.4) is 0 Å². The van der Waals surface area contributed by atoms with E-state index in [4.69, 9.17) is 19.2 Å². The van der Waals surface area contributed by atoms with Crippen LogP contribution in [0.2, 0.25) is 19.6 Å². The molecule has 206 valence electrons. The van der Waals surface area contributed by atoms with Crippen molar-refractivity contribution in [2.45, 2.75) is 19.6 Å². The zero-order valence-corrected chi connectivity index (χ0v) is 24.4. The second-order valence-corrected chi connectivity index (χ2v) is 15.7. The van der Waals surface area contributed by atoms with E-state index in [1.165, 1.54) is 5.19 Å². The standard InChI is InChI=1S/C20H15N.C19H21NSi/c1-2-8-17-14-18(13-12-15(17)6-1)21-20-11-5-9-16-7-3-4-10-19(16)20;1-21(2,3)17-13-11-16(12-14-17)20-19-10-6-8-15-7-4-5-9-18(15)19/h1-14,21H;4-14,20H,1-3H3/i1D,2D,6D,8D,12D,13D,14D;4D,5D,6D,7D,8D,9D,10D. The molecule has 7 aromatic carbocycles. The van der Waals surface area contributed by atoms with Crippen molar-refractivity contribution in [3.8, 4) is 0 Å². The molecule has 0 aliphatic heterocycles. The van der Waals surface area contributed by atoms with E-state index in [0.29, 0.717) is 11.4 Å². The van der Waals surface area contributed by atoms with Gasteiger partial charge >= 0.3 is 0 Å². The first-order valence-electron chi connectivity index (χ1n) is 20.4. The summed E-state index contributed by atoms with van der Waals surface area (Å²) in [7, 11) is -1.47. The van der Waals surface area contributed by atoms with E-state index in [-0.39, 0.29) is 87.3 Å². The number of benzene rings is 7. The maximum atomic E-state index is 8.53. The Hall–Kier alpha value is -4.86. The number of hydrogen-bond donors (Lipinski definition) is 2. The van der Waals surface area contributed by atoms with Crippen LogP contribution in [0.4, 0.5) is 22.7 Å². The predicted octanol–water partition coefficient (Wildman–Crippen LogP) is 10.9. The van der Waals surface area contributed by atoms with Crippen LogP contribution in [0.25, 0.3) is 32.3 Å². The number of fused-ring (bicyclic) bond motifs is 3. The number of rotatable bonds is 5. The van der Waals surface area contributed by atoms with Crippen LogP contribution in [0.15, 0.2) is 151 Å². The van der Waals surface area contributed by atoms with Gasteiger partial charge in [-0.1, -0.05) is 140 Å². The van der Waals surface area contributed by atoms with Crippen LogP contribution in [0.5, 0.6) is 0 Å². The molecule has 0 heterocycles. The highest BCUT2D eigenvalue weighted by Gasteiger charge is 2.15. The monoisotopic (exact) mass is 574 g/mol. The molecule has 0 aliphatic carbocycles. The molecule has 0 bridgehead atoms. The van der Waals surface area contributed by atoms with Gasteiger partial charge in [0.15, 0.2) is 0 Å². The first kappa shape index (κ1) is 15.4. The van der Waals surface area contributed by atoms with Gasteiger partial charge in [-0.3, -0.25) is 0 Å². The third-order valence-electron chi connectivity index (χ3n) is 6.63. The molecule has 0 spiro atoms. The van der Waals surface area contributed by atoms with Crippen LogP contribution >= 0.6 is 0 Å². The summed E-state index contributed by atoms with van der Waals surface area (Å²) < 4.78 is 114. The first-order chi connectivity index (χ1) is 26.3. The molecule has 0 unspecified atom stereocenters. The van der Waals surface area contributed by atoms with Crippen LogP contribution in [0, 0.1) is 0 Å². The number of hydrogen-bond acceptors (Lipinski definition) is 2. The number of anilines is 4. The molecule has 7 aromatic rings. The molecule has 0 aromatic heterocycles. The van der Waals surface area contributed by atoms with E-state index in [0.717, 1.165) is 10.8 Å². The summed E-state index contributed by atoms with van der Waals surface area (Å²) in [5, 5.41) is 9.06. The van der Waals surface area contributed by atoms with Gasteiger partial charge < -0.3 is 10.6 Å². The first-order valence-corrected chi connectivity index (χ1v) is 16.9. The molecular weight excluding hydrogens is 525 g/mol. The second-order valence-electron chi connectivity index (χ2n) is 10.6. The lowest BCUT2D eigenvalue weighted by Gasteiger charge is -2.17. The fourth-order valence-corrected chi connectivity index (χ4v) is 5.58. The van der Waals surface area contributed by atoms with Gasteiger partial charge in [0.25, 0.3) is 0 Å². The molecule has 0 radical (unpaired) electrons. The Kier molecular flexibility index (Phi) is 4.37. The SMILES string of the molecule is [2H]c1c([2H])c([2H])c2c(Nc3ccc([Si](C)(C)C)cc3)c([2H])c([2H])c([2H])c2c1[2H].[2H]c1c([2H])c([2H])c2c([2H])c(Nc3cccc4ccccc34)c([2H])c([2H])c2c1[2H]. The highest BCUT2D eigenvalue weighted by atomic mass is 28.3. The fourth-order valence-electron chi connectivity index (χ4n) is 4.42. The summed E-state index contributed by atoms with van der Waals surface area (Å²) in [6.07, 6.45) is 0. The summed E-state index contributed by atoms with van der Waals surface area (Å²) >= 11 is 0. The van der Waals surface area contributed by atoms with Crippen LogP contribution in [-0.4, -0.2) is 8.07 Å². The van der Waals surface area contributed by atoms with Gasteiger partial charge in [0.2, 0.25) is 0 Å². The van der Waals surface area contributed by atoms with E-state index >= 15 is 0 Å². The van der Waals surface area contributed by atoms with Crippen molar-refractivity contribution in [3.63, 3.8) is 0 Å². The third-order valence-corrected chi connectivity index (χ3v) is 8.70. The lowest BCUT2D eigenvalue weighted by Crippen LogP contribution is -2.37. The molecule has 0 fully saturated rings. The zero-order chi connectivity index (χ0) is 41.1. The lowest BCUT2D eigenvalue weighted by molar-refractivity contribution is 1.58. The summed E-state index contributed by atoms with van der Waals surface area (Å²) in [5.74, 6) is 0. The van der Waals surface area contributed by atoms with E-state index in [1.807, 2.05) is 60.7 Å². The Balaban J connectivity index is 0.000000190. The predicted molar refractivity (Wildman–Crippen MR) is 188 cm³/mol. The largest absolute Gasteiger partial charge is 0.355 e. The van der Waals surface area contributed by atoms with E-state index in [1.54, 1.807) is 6.07 Å². The maximum absolute atomic E-state index is 8.53. The summed E-state index contributed by atoms with van der Waals surface area (Å²) in [5.41, 5.74) is 1.46. The normalized spacial score (nSPS) is 15.9. The molecule has 0 aliphatic rings. The van der Waals surface area contributed by atoms with Gasteiger partial charge in [0.05, 0.1) is 27.3 Å². The van der Waals surface area contributed by atoms with Gasteiger partial charge in [-0.25, -0.2) is 0 Å². The molecule has 0 saturated heterocycles. The highest BCUT2D eigenvalue weighted by Crippen LogP contribution is 2.28. The molecule has 0 atom stereocenters. The van der Waals surface area contributed by atoms with Crippen LogP contribution in [0.1, 0.15) is 19.2 Å². The minimum atomic E-state index is -1.47. The highest BCUT2D eigenvalue weighted by molar-refractivity contribution is 6.88. The van der Waals surface area contributed by atoms with E-state index < -0.39 is 38.3 Å². The van der Waals surface area contributed by atoms with Crippen molar-refractivity contribution in [2.24, 2.45) is 0 Å². The molecule has 2 nitrogen and oxygen atoms in total. The molecule has 42 heavy (non-hydrogen) atoms. The molecular formula is C39H36N2Si. The Morgan fingerprint density at radius 2 is 1.14 bits per heavy atom. The molecule has 2 N–H and O–H groups in total. The van der Waals surface area contributed by atoms with E-state index in [2.05, 4.69) is 30.3 Å². The third kappa shape index (κ3) is 6.22. The zero-order valence-electron chi connectivity index (χ0n) is 37.4. The van der Waals surface area contributed by atoms with Crippen molar-refractivity contribution in [1.29, 1.82) is 0 Å². The smallest absolute Gasteiger partial charge is 0.0775 e. The van der Waals surface area contributed by atoms with Gasteiger partial charge in [0, 0.05) is 33.5 Å². The van der Waals surface area contributed by atoms with E-state index in [9.17, 15) is 0 Å². The summed E-state index contributed by atoms with van der Waals surface area (Å²) in [4.78, 5) is 0. The van der Waals surface area contributed by atoms with Gasteiger partial charge in [-0.15, -0.1) is 0 Å². The number of nitrogens with one attached hydrogen (secondary N) is 2. The average molecular weight is 575 g/mol. The molecule has 3 heteroatoms. The average Bonchev–Trinajstić information content (AvgIpc) is 3.17. The van der Waals surface area contributed by atoms with Crippen molar-refractivity contribution in [3.05, 3.63) is 151 Å². The quantitative estimate of drug-likeness (QED) is 0.200. The second kappa shape index (κ2) is 11.9. The Morgan fingerprint density at radius 3 is 1.95 bits per heavy atom. The van der Waals surface area contributed by atoms with Crippen molar-refractivity contribution in [1.82, 2.24) is 0 Å². The van der Waals surface area contributed by atoms with Crippen molar-refractivity contribution >= 4 is 68.3 Å². The topological polar surface area (TPSA) is 24.1 Å². The molecule has 0 saturated carbocycles. The molecule has 7 rings (SSSR count). The minimum Gasteiger partial charge on any atom is -0.355 e. The van der Waals surface area contributed by atoms with Gasteiger partial charge in [-0.2, -0.15) is 0 Å². The maximum Gasteiger partial charge on any atom is 0.0775 e. The Morgan fingerprint density at radius 1 is 0.476 bits per heavy atom. The fraction of sp³-hybridized carbons (Fsp3) is 0.0769. The van der Waals surface area contributed by atoms with Gasteiger partial charge in [-0.05, 0) is 57.9 Å². The Bertz CT molecular complexity index is 2720. The minimum absolute atomic E-state index is 0.0406. The molecule has 0 amide bonds. The Labute approximate surface area is 269 Å².